The maximum absolute atomic E-state index is 12.4. The number of amides is 2. The molecule has 0 atom stereocenters. The Balaban J connectivity index is 1.91. The molecule has 122 valence electrons. The molecule has 0 aliphatic heterocycles. The fraction of sp³-hybridized carbons (Fsp3) is 0.133. The molecule has 3 N–H and O–H groups in total. The first kappa shape index (κ1) is 15.4. The topological polar surface area (TPSA) is 122 Å². The van der Waals surface area contributed by atoms with Crippen LogP contribution >= 0.6 is 0 Å². The Morgan fingerprint density at radius 2 is 1.83 bits per heavy atom. The average Bonchev–Trinajstić information content (AvgIpc) is 3.15. The van der Waals surface area contributed by atoms with Crippen LogP contribution < -0.4 is 16.4 Å². The van der Waals surface area contributed by atoms with Crippen molar-refractivity contribution in [1.29, 1.82) is 0 Å². The lowest BCUT2D eigenvalue weighted by Gasteiger charge is -2.10. The van der Waals surface area contributed by atoms with Gasteiger partial charge in [0, 0.05) is 18.1 Å². The standard InChI is InChI=1S/C15H14N6O3/c1-2-21-15(24)10-6-4-3-5-9(10)12(20-21)14(23)19-18-13(22)11-7-8-16-17-11/h3-8H,2H2,1H3,(H,16,17)(H,18,22)(H,19,23). The van der Waals surface area contributed by atoms with E-state index in [2.05, 4.69) is 26.1 Å². The van der Waals surface area contributed by atoms with Crippen LogP contribution in [0, 0.1) is 0 Å². The largest absolute Gasteiger partial charge is 0.290 e. The number of hydrogen-bond donors (Lipinski definition) is 3. The molecular weight excluding hydrogens is 312 g/mol. The SMILES string of the molecule is CCn1nc(C(=O)NNC(=O)c2ccn[nH]2)c2ccccc2c1=O. The van der Waals surface area contributed by atoms with Crippen LogP contribution in [0.3, 0.4) is 0 Å². The van der Waals surface area contributed by atoms with Crippen LogP contribution in [0.15, 0.2) is 41.3 Å². The van der Waals surface area contributed by atoms with Gasteiger partial charge in [-0.05, 0) is 19.1 Å². The maximum atomic E-state index is 12.4. The summed E-state index contributed by atoms with van der Waals surface area (Å²) in [4.78, 5) is 36.4. The number of fused-ring (bicyclic) bond motifs is 1. The van der Waals surface area contributed by atoms with Gasteiger partial charge >= 0.3 is 0 Å². The summed E-state index contributed by atoms with van der Waals surface area (Å²) in [5, 5.41) is 11.0. The second kappa shape index (κ2) is 6.32. The molecule has 3 aromatic rings. The fourth-order valence-corrected chi connectivity index (χ4v) is 2.24. The van der Waals surface area contributed by atoms with E-state index in [4.69, 9.17) is 0 Å². The molecule has 0 saturated carbocycles. The lowest BCUT2D eigenvalue weighted by Crippen LogP contribution is -2.43. The summed E-state index contributed by atoms with van der Waals surface area (Å²) in [5.74, 6) is -1.17. The first-order chi connectivity index (χ1) is 11.6. The van der Waals surface area contributed by atoms with Gasteiger partial charge in [-0.3, -0.25) is 30.3 Å². The van der Waals surface area contributed by atoms with Crippen molar-refractivity contribution in [2.75, 3.05) is 0 Å². The molecule has 1 aromatic carbocycles. The molecule has 9 nitrogen and oxygen atoms in total. The van der Waals surface area contributed by atoms with Gasteiger partial charge in [0.25, 0.3) is 17.4 Å². The predicted octanol–water partition coefficient (Wildman–Crippen LogP) is 0.214. The summed E-state index contributed by atoms with van der Waals surface area (Å²) in [5.41, 5.74) is 4.53. The highest BCUT2D eigenvalue weighted by atomic mass is 16.2. The Bertz CT molecular complexity index is 961. The lowest BCUT2D eigenvalue weighted by atomic mass is 10.1. The number of nitrogens with zero attached hydrogens (tertiary/aromatic N) is 3. The minimum atomic E-state index is -0.624. The van der Waals surface area contributed by atoms with E-state index in [1.807, 2.05) is 0 Å². The summed E-state index contributed by atoms with van der Waals surface area (Å²) in [6.45, 7) is 2.08. The Morgan fingerprint density at radius 1 is 1.12 bits per heavy atom. The van der Waals surface area contributed by atoms with Crippen LogP contribution in [0.25, 0.3) is 10.8 Å². The van der Waals surface area contributed by atoms with E-state index in [1.54, 1.807) is 31.2 Å². The zero-order valence-corrected chi connectivity index (χ0v) is 12.7. The van der Waals surface area contributed by atoms with Crippen molar-refractivity contribution in [3.63, 3.8) is 0 Å². The summed E-state index contributed by atoms with van der Waals surface area (Å²) in [7, 11) is 0. The van der Waals surface area contributed by atoms with Crippen molar-refractivity contribution >= 4 is 22.6 Å². The normalized spacial score (nSPS) is 10.5. The number of aromatic nitrogens is 4. The Morgan fingerprint density at radius 3 is 2.50 bits per heavy atom. The van der Waals surface area contributed by atoms with Crippen molar-refractivity contribution in [2.45, 2.75) is 13.5 Å². The molecule has 2 amide bonds. The molecule has 0 unspecified atom stereocenters. The van der Waals surface area contributed by atoms with Crippen molar-refractivity contribution in [1.82, 2.24) is 30.8 Å². The van der Waals surface area contributed by atoms with Crippen LogP contribution in [0.5, 0.6) is 0 Å². The van der Waals surface area contributed by atoms with Crippen LogP contribution in [0.1, 0.15) is 27.9 Å². The van der Waals surface area contributed by atoms with Crippen LogP contribution in [0.4, 0.5) is 0 Å². The van der Waals surface area contributed by atoms with E-state index in [1.165, 1.54) is 16.9 Å². The van der Waals surface area contributed by atoms with Crippen molar-refractivity contribution < 1.29 is 9.59 Å². The molecule has 2 heterocycles. The third-order valence-electron chi connectivity index (χ3n) is 3.42. The highest BCUT2D eigenvalue weighted by molar-refractivity contribution is 6.05. The summed E-state index contributed by atoms with van der Waals surface area (Å²) in [6.07, 6.45) is 1.42. The number of hydrogen-bond acceptors (Lipinski definition) is 5. The minimum absolute atomic E-state index is 0.0527. The number of benzene rings is 1. The van der Waals surface area contributed by atoms with E-state index >= 15 is 0 Å². The van der Waals surface area contributed by atoms with E-state index in [-0.39, 0.29) is 16.9 Å². The van der Waals surface area contributed by atoms with E-state index in [9.17, 15) is 14.4 Å². The van der Waals surface area contributed by atoms with Gasteiger partial charge in [0.2, 0.25) is 0 Å². The molecule has 3 rings (SSSR count). The maximum Gasteiger partial charge on any atom is 0.290 e. The van der Waals surface area contributed by atoms with Gasteiger partial charge in [-0.1, -0.05) is 18.2 Å². The quantitative estimate of drug-likeness (QED) is 0.594. The fourth-order valence-electron chi connectivity index (χ4n) is 2.24. The van der Waals surface area contributed by atoms with Gasteiger partial charge in [-0.15, -0.1) is 0 Å². The number of aromatic amines is 1. The second-order valence-electron chi connectivity index (χ2n) is 4.89. The number of nitrogens with one attached hydrogen (secondary N) is 3. The molecule has 0 fully saturated rings. The predicted molar refractivity (Wildman–Crippen MR) is 85.2 cm³/mol. The van der Waals surface area contributed by atoms with Gasteiger partial charge in [0.1, 0.15) is 5.69 Å². The van der Waals surface area contributed by atoms with Gasteiger partial charge in [-0.25, -0.2) is 4.68 Å². The van der Waals surface area contributed by atoms with Crippen LogP contribution in [0.2, 0.25) is 0 Å². The first-order valence-corrected chi connectivity index (χ1v) is 7.21. The van der Waals surface area contributed by atoms with Gasteiger partial charge in [-0.2, -0.15) is 10.2 Å². The van der Waals surface area contributed by atoms with Gasteiger partial charge < -0.3 is 0 Å². The molecule has 0 radical (unpaired) electrons. The molecular formula is C15H14N6O3. The molecule has 9 heteroatoms. The van der Waals surface area contributed by atoms with E-state index < -0.39 is 11.8 Å². The minimum Gasteiger partial charge on any atom is -0.273 e. The highest BCUT2D eigenvalue weighted by Gasteiger charge is 2.17. The Hall–Kier alpha value is -3.49. The molecule has 0 aliphatic rings. The van der Waals surface area contributed by atoms with E-state index in [0.717, 1.165) is 0 Å². The number of aryl methyl sites for hydroxylation is 1. The van der Waals surface area contributed by atoms with Crippen molar-refractivity contribution in [3.8, 4) is 0 Å². The lowest BCUT2D eigenvalue weighted by molar-refractivity contribution is 0.0841. The van der Waals surface area contributed by atoms with Gasteiger partial charge in [0.05, 0.1) is 5.39 Å². The summed E-state index contributed by atoms with van der Waals surface area (Å²) < 4.78 is 1.20. The molecule has 0 saturated heterocycles. The summed E-state index contributed by atoms with van der Waals surface area (Å²) in [6, 6.07) is 8.15. The molecule has 0 aliphatic carbocycles. The Labute approximate surface area is 135 Å². The second-order valence-corrected chi connectivity index (χ2v) is 4.89. The monoisotopic (exact) mass is 326 g/mol. The zero-order chi connectivity index (χ0) is 17.1. The third-order valence-corrected chi connectivity index (χ3v) is 3.42. The van der Waals surface area contributed by atoms with Crippen LogP contribution in [-0.2, 0) is 6.54 Å². The number of carbonyl (C=O) groups excluding carboxylic acids is 2. The number of carbonyl (C=O) groups is 2. The Kier molecular flexibility index (Phi) is 4.06. The van der Waals surface area contributed by atoms with Crippen molar-refractivity contribution in [2.24, 2.45) is 0 Å². The number of rotatable bonds is 3. The zero-order valence-electron chi connectivity index (χ0n) is 12.7. The molecule has 24 heavy (non-hydrogen) atoms. The number of H-pyrrole nitrogens is 1. The first-order valence-electron chi connectivity index (χ1n) is 7.21. The smallest absolute Gasteiger partial charge is 0.273 e. The molecule has 0 bridgehead atoms. The number of hydrazine groups is 1. The van der Waals surface area contributed by atoms with Crippen molar-refractivity contribution in [3.05, 3.63) is 58.3 Å². The average molecular weight is 326 g/mol. The van der Waals surface area contributed by atoms with E-state index in [0.29, 0.717) is 17.3 Å². The molecule has 2 aromatic heterocycles. The van der Waals surface area contributed by atoms with Gasteiger partial charge in [0.15, 0.2) is 5.69 Å². The summed E-state index contributed by atoms with van der Waals surface area (Å²) >= 11 is 0. The molecule has 0 spiro atoms. The highest BCUT2D eigenvalue weighted by Crippen LogP contribution is 2.12. The third kappa shape index (κ3) is 2.74. The van der Waals surface area contributed by atoms with Crippen LogP contribution in [-0.4, -0.2) is 31.8 Å².